The largest absolute Gasteiger partial charge is 0.303 e. The van der Waals surface area contributed by atoms with Crippen molar-refractivity contribution in [2.75, 3.05) is 10.4 Å². The van der Waals surface area contributed by atoms with Crippen LogP contribution in [0, 0.1) is 0 Å². The molecule has 5 rings (SSSR count). The van der Waals surface area contributed by atoms with Crippen molar-refractivity contribution in [3.63, 3.8) is 0 Å². The first-order chi connectivity index (χ1) is 15.2. The quantitative estimate of drug-likeness (QED) is 0.414. The first kappa shape index (κ1) is 19.6. The molecule has 4 aromatic rings. The van der Waals surface area contributed by atoms with Crippen LogP contribution in [-0.2, 0) is 4.79 Å². The van der Waals surface area contributed by atoms with Crippen molar-refractivity contribution >= 4 is 61.9 Å². The van der Waals surface area contributed by atoms with E-state index in [2.05, 4.69) is 25.6 Å². The van der Waals surface area contributed by atoms with E-state index in [4.69, 9.17) is 11.6 Å². The van der Waals surface area contributed by atoms with Gasteiger partial charge in [0.1, 0.15) is 5.71 Å². The van der Waals surface area contributed by atoms with Crippen LogP contribution in [-0.4, -0.2) is 27.3 Å². The van der Waals surface area contributed by atoms with E-state index in [1.165, 1.54) is 27.7 Å². The Morgan fingerprint density at radius 1 is 1.00 bits per heavy atom. The third-order valence-corrected chi connectivity index (χ3v) is 6.12. The van der Waals surface area contributed by atoms with Crippen LogP contribution in [0.5, 0.6) is 0 Å². The van der Waals surface area contributed by atoms with E-state index >= 15 is 0 Å². The Kier molecular flexibility index (Phi) is 5.29. The number of nitrogens with one attached hydrogen (secondary N) is 1. The molecule has 0 aliphatic carbocycles. The summed E-state index contributed by atoms with van der Waals surface area (Å²) in [6.07, 6.45) is 1.66. The summed E-state index contributed by atoms with van der Waals surface area (Å²) in [5, 5.41) is 15.6. The average Bonchev–Trinajstić information content (AvgIpc) is 3.54. The Hall–Kier alpha value is -3.40. The average molecular weight is 465 g/mol. The maximum atomic E-state index is 13.2. The molecule has 1 aliphatic rings. The van der Waals surface area contributed by atoms with Crippen LogP contribution < -0.4 is 10.4 Å². The first-order valence-corrected chi connectivity index (χ1v) is 11.3. The second kappa shape index (κ2) is 8.38. The minimum Gasteiger partial charge on any atom is -0.265 e. The smallest absolute Gasteiger partial charge is 0.265 e. The highest BCUT2D eigenvalue weighted by Gasteiger charge is 2.35. The minimum absolute atomic E-state index is 0.199. The van der Waals surface area contributed by atoms with Gasteiger partial charge in [0.15, 0.2) is 5.71 Å². The summed E-state index contributed by atoms with van der Waals surface area (Å²) in [4.78, 5) is 22.0. The van der Waals surface area contributed by atoms with Gasteiger partial charge in [-0.3, -0.25) is 10.2 Å². The van der Waals surface area contributed by atoms with Gasteiger partial charge in [0, 0.05) is 33.1 Å². The fraction of sp³-hybridized carbons (Fsp3) is 0. The molecular formula is C21H13ClN6OS2. The van der Waals surface area contributed by atoms with E-state index in [0.717, 1.165) is 16.8 Å². The number of halogens is 1. The van der Waals surface area contributed by atoms with Gasteiger partial charge >= 0.3 is 5.91 Å². The Morgan fingerprint density at radius 3 is 2.55 bits per heavy atom. The summed E-state index contributed by atoms with van der Waals surface area (Å²) >= 11 is 8.70. The third kappa shape index (κ3) is 3.98. The van der Waals surface area contributed by atoms with E-state index < -0.39 is 0 Å². The molecule has 0 saturated carbocycles. The lowest BCUT2D eigenvalue weighted by atomic mass is 10.1. The maximum Gasteiger partial charge on any atom is 0.303 e. The van der Waals surface area contributed by atoms with Crippen molar-refractivity contribution in [3.05, 3.63) is 82.1 Å². The van der Waals surface area contributed by atoms with Gasteiger partial charge in [0.25, 0.3) is 0 Å². The van der Waals surface area contributed by atoms with Crippen LogP contribution in [0.3, 0.4) is 0 Å². The van der Waals surface area contributed by atoms with Gasteiger partial charge < -0.3 is 0 Å². The van der Waals surface area contributed by atoms with Gasteiger partial charge in [-0.25, -0.2) is 9.97 Å². The van der Waals surface area contributed by atoms with Crippen molar-refractivity contribution in [1.82, 2.24) is 9.97 Å². The second-order valence-corrected chi connectivity index (χ2v) is 8.53. The number of rotatable bonds is 5. The predicted molar refractivity (Wildman–Crippen MR) is 126 cm³/mol. The van der Waals surface area contributed by atoms with Crippen molar-refractivity contribution in [3.8, 4) is 11.3 Å². The molecule has 7 nitrogen and oxygen atoms in total. The van der Waals surface area contributed by atoms with Crippen molar-refractivity contribution in [1.29, 1.82) is 0 Å². The molecule has 0 saturated heterocycles. The number of hydrogen-bond acceptors (Lipinski definition) is 8. The van der Waals surface area contributed by atoms with Crippen molar-refractivity contribution < 1.29 is 4.79 Å². The summed E-state index contributed by atoms with van der Waals surface area (Å²) in [7, 11) is 0. The van der Waals surface area contributed by atoms with Crippen LogP contribution in [0.2, 0.25) is 5.02 Å². The zero-order valence-electron chi connectivity index (χ0n) is 15.8. The molecule has 0 fully saturated rings. The predicted octanol–water partition coefficient (Wildman–Crippen LogP) is 5.14. The number of thiazole rings is 2. The Morgan fingerprint density at radius 2 is 1.81 bits per heavy atom. The van der Waals surface area contributed by atoms with E-state index in [1.807, 2.05) is 53.2 Å². The van der Waals surface area contributed by atoms with E-state index in [0.29, 0.717) is 21.0 Å². The van der Waals surface area contributed by atoms with Crippen LogP contribution in [0.25, 0.3) is 11.3 Å². The van der Waals surface area contributed by atoms with Crippen molar-refractivity contribution in [2.45, 2.75) is 0 Å². The van der Waals surface area contributed by atoms with Crippen molar-refractivity contribution in [2.24, 2.45) is 10.2 Å². The Labute approximate surface area is 190 Å². The highest BCUT2D eigenvalue weighted by atomic mass is 35.5. The molecule has 1 amide bonds. The Balaban J connectivity index is 1.50. The molecule has 2 aromatic heterocycles. The minimum atomic E-state index is -0.361. The van der Waals surface area contributed by atoms with Crippen LogP contribution in [0.4, 0.5) is 10.3 Å². The molecule has 10 heteroatoms. The summed E-state index contributed by atoms with van der Waals surface area (Å²) in [6.45, 7) is 0. The number of anilines is 2. The molecular weight excluding hydrogens is 452 g/mol. The molecule has 1 aliphatic heterocycles. The normalized spacial score (nSPS) is 14.9. The van der Waals surface area contributed by atoms with Gasteiger partial charge in [-0.2, -0.15) is 15.2 Å². The van der Waals surface area contributed by atoms with E-state index in [-0.39, 0.29) is 11.6 Å². The molecule has 31 heavy (non-hydrogen) atoms. The van der Waals surface area contributed by atoms with Gasteiger partial charge in [-0.05, 0) is 12.1 Å². The standard InChI is InChI=1S/C21H13ClN6OS2/c22-15-8-6-13(7-9-15)16-12-31-21(24-16)28-19(29)18(25-26-20-23-10-11-30-20)17(27-28)14-4-2-1-3-5-14/h1-12H,(H,23,26)/b25-18-. The summed E-state index contributed by atoms with van der Waals surface area (Å²) in [5.41, 5.74) is 5.95. The lowest BCUT2D eigenvalue weighted by molar-refractivity contribution is -0.112. The third-order valence-electron chi connectivity index (χ3n) is 4.38. The zero-order valence-corrected chi connectivity index (χ0v) is 18.2. The van der Waals surface area contributed by atoms with Crippen LogP contribution in [0.15, 0.2) is 81.8 Å². The fourth-order valence-electron chi connectivity index (χ4n) is 2.91. The maximum absolute atomic E-state index is 13.2. The summed E-state index contributed by atoms with van der Waals surface area (Å²) in [6, 6.07) is 16.8. The number of carbonyl (C=O) groups excluding carboxylic acids is 1. The Bertz CT molecular complexity index is 1280. The number of hydrogen-bond donors (Lipinski definition) is 1. The van der Waals surface area contributed by atoms with Gasteiger partial charge in [-0.15, -0.1) is 22.7 Å². The number of aromatic nitrogens is 2. The highest BCUT2D eigenvalue weighted by Crippen LogP contribution is 2.30. The topological polar surface area (TPSA) is 82.8 Å². The van der Waals surface area contributed by atoms with Crippen LogP contribution in [0.1, 0.15) is 5.56 Å². The molecule has 152 valence electrons. The lowest BCUT2D eigenvalue weighted by Gasteiger charge is -2.06. The monoisotopic (exact) mass is 464 g/mol. The highest BCUT2D eigenvalue weighted by molar-refractivity contribution is 7.14. The number of hydrazone groups is 2. The second-order valence-electron chi connectivity index (χ2n) is 6.36. The van der Waals surface area contributed by atoms with E-state index in [1.54, 1.807) is 18.3 Å². The molecule has 3 heterocycles. The molecule has 0 atom stereocenters. The molecule has 2 aromatic carbocycles. The SMILES string of the molecule is O=C1/C(=N\Nc2nccs2)C(c2ccccc2)=NN1c1nc(-c2ccc(Cl)cc2)cs1. The zero-order chi connectivity index (χ0) is 21.2. The number of carbonyl (C=O) groups is 1. The number of benzene rings is 2. The number of amides is 1. The molecule has 0 spiro atoms. The lowest BCUT2D eigenvalue weighted by Crippen LogP contribution is -2.28. The molecule has 0 bridgehead atoms. The van der Waals surface area contributed by atoms with Gasteiger partial charge in [-0.1, -0.05) is 54.1 Å². The van der Waals surface area contributed by atoms with E-state index in [9.17, 15) is 4.79 Å². The van der Waals surface area contributed by atoms with Gasteiger partial charge in [0.05, 0.1) is 5.69 Å². The first-order valence-electron chi connectivity index (χ1n) is 9.12. The summed E-state index contributed by atoms with van der Waals surface area (Å²) < 4.78 is 0. The molecule has 0 unspecified atom stereocenters. The molecule has 1 N–H and O–H groups in total. The van der Waals surface area contributed by atoms with Gasteiger partial charge in [0.2, 0.25) is 10.3 Å². The number of nitrogens with zero attached hydrogens (tertiary/aromatic N) is 5. The molecule has 0 radical (unpaired) electrons. The fourth-order valence-corrected chi connectivity index (χ4v) is 4.29. The summed E-state index contributed by atoms with van der Waals surface area (Å²) in [5.74, 6) is -0.361. The van der Waals surface area contributed by atoms with Crippen LogP contribution >= 0.6 is 34.3 Å².